The van der Waals surface area contributed by atoms with Gasteiger partial charge in [0.15, 0.2) is 6.10 Å². The van der Waals surface area contributed by atoms with E-state index in [2.05, 4.69) is 69.4 Å². The first kappa shape index (κ1) is 75.4. The van der Waals surface area contributed by atoms with E-state index in [1.807, 2.05) is 0 Å². The molecule has 0 rings (SSSR count). The van der Waals surface area contributed by atoms with Crippen LogP contribution < -0.4 is 0 Å². The molecule has 0 radical (unpaired) electrons. The van der Waals surface area contributed by atoms with Crippen molar-refractivity contribution in [3.63, 3.8) is 0 Å². The molecule has 0 saturated heterocycles. The average Bonchev–Trinajstić information content (AvgIpc) is 3.44. The van der Waals surface area contributed by atoms with E-state index in [-0.39, 0.29) is 31.1 Å². The third-order valence-electron chi connectivity index (χ3n) is 15.6. The molecule has 1 atom stereocenters. The molecule has 0 aromatic carbocycles. The van der Waals surface area contributed by atoms with Crippen molar-refractivity contribution < 1.29 is 28.6 Å². The third kappa shape index (κ3) is 64.2. The zero-order valence-corrected chi connectivity index (χ0v) is 52.5. The second-order valence-electron chi connectivity index (χ2n) is 23.4. The molecule has 0 N–H and O–H groups in total. The topological polar surface area (TPSA) is 78.9 Å². The summed E-state index contributed by atoms with van der Waals surface area (Å²) < 4.78 is 16.9. The van der Waals surface area contributed by atoms with Gasteiger partial charge in [-0.05, 0) is 83.5 Å². The van der Waals surface area contributed by atoms with E-state index in [1.165, 1.54) is 257 Å². The van der Waals surface area contributed by atoms with Crippen LogP contribution in [0, 0.1) is 0 Å². The number of hydrogen-bond donors (Lipinski definition) is 0. The van der Waals surface area contributed by atoms with Gasteiger partial charge in [0.25, 0.3) is 0 Å². The van der Waals surface area contributed by atoms with E-state index in [0.717, 1.165) is 77.0 Å². The maximum absolute atomic E-state index is 12.9. The second kappa shape index (κ2) is 66.9. The number of hydrogen-bond acceptors (Lipinski definition) is 6. The fourth-order valence-corrected chi connectivity index (χ4v) is 10.3. The predicted molar refractivity (Wildman–Crippen MR) is 339 cm³/mol. The molecule has 0 aliphatic rings. The number of rotatable bonds is 64. The summed E-state index contributed by atoms with van der Waals surface area (Å²) in [6, 6.07) is 0. The standard InChI is InChI=1S/C72H132O6/c1-4-7-10-13-16-19-22-24-26-28-29-30-31-32-33-34-35-36-37-38-39-40-41-42-43-45-46-48-50-53-56-59-62-65-71(74)77-68-69(67-76-70(73)64-61-58-55-52-21-18-15-12-9-6-3)78-72(75)66-63-60-57-54-51-49-47-44-27-25-23-20-17-14-11-8-5-2/h17,20,22,24-25,27-29,69H,4-16,18-19,21,23,26,30-68H2,1-3H3/b20-17-,24-22-,27-25-,29-28-. The first-order chi connectivity index (χ1) is 38.5. The smallest absolute Gasteiger partial charge is 0.306 e. The van der Waals surface area contributed by atoms with E-state index in [0.29, 0.717) is 19.3 Å². The van der Waals surface area contributed by atoms with Gasteiger partial charge in [-0.3, -0.25) is 14.4 Å². The Balaban J connectivity index is 4.06. The van der Waals surface area contributed by atoms with E-state index < -0.39 is 6.10 Å². The Morgan fingerprint density at radius 2 is 0.462 bits per heavy atom. The Kier molecular flexibility index (Phi) is 64.6. The largest absolute Gasteiger partial charge is 0.462 e. The Hall–Kier alpha value is -2.63. The number of carbonyl (C=O) groups is 3. The Morgan fingerprint density at radius 3 is 0.731 bits per heavy atom. The molecular formula is C72H132O6. The van der Waals surface area contributed by atoms with Crippen molar-refractivity contribution in [1.29, 1.82) is 0 Å². The maximum atomic E-state index is 12.9. The van der Waals surface area contributed by atoms with E-state index in [1.54, 1.807) is 0 Å². The highest BCUT2D eigenvalue weighted by atomic mass is 16.6. The Bertz CT molecular complexity index is 1350. The lowest BCUT2D eigenvalue weighted by molar-refractivity contribution is -0.167. The van der Waals surface area contributed by atoms with Crippen molar-refractivity contribution in [1.82, 2.24) is 0 Å². The van der Waals surface area contributed by atoms with Crippen LogP contribution in [0.2, 0.25) is 0 Å². The molecule has 0 aliphatic heterocycles. The van der Waals surface area contributed by atoms with Gasteiger partial charge in [0.1, 0.15) is 13.2 Å². The van der Waals surface area contributed by atoms with Crippen LogP contribution in [0.1, 0.15) is 374 Å². The highest BCUT2D eigenvalue weighted by Crippen LogP contribution is 2.18. The molecule has 456 valence electrons. The minimum atomic E-state index is -0.773. The van der Waals surface area contributed by atoms with Gasteiger partial charge >= 0.3 is 17.9 Å². The van der Waals surface area contributed by atoms with Gasteiger partial charge < -0.3 is 14.2 Å². The van der Waals surface area contributed by atoms with Crippen LogP contribution in [0.3, 0.4) is 0 Å². The van der Waals surface area contributed by atoms with Crippen molar-refractivity contribution >= 4 is 17.9 Å². The van der Waals surface area contributed by atoms with E-state index in [4.69, 9.17) is 14.2 Å². The minimum Gasteiger partial charge on any atom is -0.462 e. The lowest BCUT2D eigenvalue weighted by Crippen LogP contribution is -2.30. The van der Waals surface area contributed by atoms with Gasteiger partial charge in [-0.2, -0.15) is 0 Å². The van der Waals surface area contributed by atoms with Crippen molar-refractivity contribution in [3.05, 3.63) is 48.6 Å². The predicted octanol–water partition coefficient (Wildman–Crippen LogP) is 23.7. The summed E-state index contributed by atoms with van der Waals surface area (Å²) in [5.41, 5.74) is 0. The monoisotopic (exact) mass is 1090 g/mol. The lowest BCUT2D eigenvalue weighted by atomic mass is 10.0. The molecule has 0 bridgehead atoms. The number of allylic oxidation sites excluding steroid dienone is 8. The van der Waals surface area contributed by atoms with E-state index >= 15 is 0 Å². The summed E-state index contributed by atoms with van der Waals surface area (Å²) in [6.07, 6.45) is 84.4. The zero-order chi connectivity index (χ0) is 56.4. The summed E-state index contributed by atoms with van der Waals surface area (Å²) in [7, 11) is 0. The molecular weight excluding hydrogens is 961 g/mol. The molecule has 1 unspecified atom stereocenters. The van der Waals surface area contributed by atoms with Gasteiger partial charge in [0.05, 0.1) is 0 Å². The maximum Gasteiger partial charge on any atom is 0.306 e. The fraction of sp³-hybridized carbons (Fsp3) is 0.847. The highest BCUT2D eigenvalue weighted by molar-refractivity contribution is 5.71. The fourth-order valence-electron chi connectivity index (χ4n) is 10.3. The van der Waals surface area contributed by atoms with Crippen LogP contribution in [0.25, 0.3) is 0 Å². The number of esters is 3. The van der Waals surface area contributed by atoms with Crippen LogP contribution in [-0.2, 0) is 28.6 Å². The van der Waals surface area contributed by atoms with Crippen LogP contribution in [-0.4, -0.2) is 37.2 Å². The lowest BCUT2D eigenvalue weighted by Gasteiger charge is -2.18. The minimum absolute atomic E-state index is 0.0712. The molecule has 78 heavy (non-hydrogen) atoms. The normalized spacial score (nSPS) is 12.3. The van der Waals surface area contributed by atoms with Gasteiger partial charge in [0.2, 0.25) is 0 Å². The molecule has 0 aliphatic carbocycles. The van der Waals surface area contributed by atoms with Crippen molar-refractivity contribution in [2.45, 2.75) is 380 Å². The molecule has 0 aromatic rings. The second-order valence-corrected chi connectivity index (χ2v) is 23.4. The third-order valence-corrected chi connectivity index (χ3v) is 15.6. The molecule has 0 spiro atoms. The van der Waals surface area contributed by atoms with Gasteiger partial charge in [-0.1, -0.05) is 320 Å². The number of carbonyl (C=O) groups excluding carboxylic acids is 3. The summed E-state index contributed by atoms with van der Waals surface area (Å²) in [5.74, 6) is -0.858. The molecule has 0 fully saturated rings. The highest BCUT2D eigenvalue weighted by Gasteiger charge is 2.19. The van der Waals surface area contributed by atoms with Crippen molar-refractivity contribution in [2.75, 3.05) is 13.2 Å². The van der Waals surface area contributed by atoms with Gasteiger partial charge in [-0.25, -0.2) is 0 Å². The molecule has 0 heterocycles. The van der Waals surface area contributed by atoms with Gasteiger partial charge in [0, 0.05) is 19.3 Å². The Morgan fingerprint density at radius 1 is 0.256 bits per heavy atom. The summed E-state index contributed by atoms with van der Waals surface area (Å²) in [4.78, 5) is 38.2. The van der Waals surface area contributed by atoms with Crippen molar-refractivity contribution in [3.8, 4) is 0 Å². The van der Waals surface area contributed by atoms with E-state index in [9.17, 15) is 14.4 Å². The average molecular weight is 1090 g/mol. The summed E-state index contributed by atoms with van der Waals surface area (Å²) in [5, 5.41) is 0. The number of ether oxygens (including phenoxy) is 3. The van der Waals surface area contributed by atoms with Crippen molar-refractivity contribution in [2.24, 2.45) is 0 Å². The molecule has 6 nitrogen and oxygen atoms in total. The molecule has 0 aromatic heterocycles. The molecule has 0 saturated carbocycles. The zero-order valence-electron chi connectivity index (χ0n) is 52.5. The quantitative estimate of drug-likeness (QED) is 0.0261. The van der Waals surface area contributed by atoms with Gasteiger partial charge in [-0.15, -0.1) is 0 Å². The summed E-state index contributed by atoms with van der Waals surface area (Å²) in [6.45, 7) is 6.64. The SMILES string of the molecule is CCCCC/C=C\C/C=C\CCCCCCCCCC(=O)OC(COC(=O)CCCCCCCCCCCC)COC(=O)CCCCCCCCCCCCCCCCCCCCCCC/C=C\C/C=C\CCCCCCC. The summed E-state index contributed by atoms with van der Waals surface area (Å²) >= 11 is 0. The van der Waals surface area contributed by atoms with Crippen LogP contribution in [0.15, 0.2) is 48.6 Å². The number of unbranched alkanes of at least 4 members (excludes halogenated alkanes) is 45. The molecule has 0 amide bonds. The Labute approximate surface area is 486 Å². The first-order valence-electron chi connectivity index (χ1n) is 34.6. The van der Waals surface area contributed by atoms with Crippen LogP contribution >= 0.6 is 0 Å². The van der Waals surface area contributed by atoms with Crippen LogP contribution in [0.4, 0.5) is 0 Å². The van der Waals surface area contributed by atoms with Crippen LogP contribution in [0.5, 0.6) is 0 Å². The molecule has 6 heteroatoms. The first-order valence-corrected chi connectivity index (χ1v) is 34.6.